The Labute approximate surface area is 122 Å². The molecular formula is C16H17FN4. The summed E-state index contributed by atoms with van der Waals surface area (Å²) in [5.41, 5.74) is 2.14. The molecule has 0 unspecified atom stereocenters. The second-order valence-electron chi connectivity index (χ2n) is 5.11. The number of aryl methyl sites for hydroxylation is 3. The number of imidazole rings is 2. The second kappa shape index (κ2) is 5.52. The van der Waals surface area contributed by atoms with Gasteiger partial charge in [0.1, 0.15) is 11.6 Å². The van der Waals surface area contributed by atoms with Crippen molar-refractivity contribution in [2.24, 2.45) is 0 Å². The lowest BCUT2D eigenvalue weighted by Gasteiger charge is -2.12. The van der Waals surface area contributed by atoms with E-state index in [1.54, 1.807) is 38.6 Å². The third-order valence-electron chi connectivity index (χ3n) is 3.69. The zero-order chi connectivity index (χ0) is 14.8. The Balaban J connectivity index is 1.90. The number of benzene rings is 1. The molecule has 0 amide bonds. The van der Waals surface area contributed by atoms with Gasteiger partial charge in [0.25, 0.3) is 0 Å². The van der Waals surface area contributed by atoms with E-state index in [-0.39, 0.29) is 5.82 Å². The van der Waals surface area contributed by atoms with E-state index >= 15 is 0 Å². The van der Waals surface area contributed by atoms with E-state index in [1.807, 2.05) is 27.6 Å². The van der Waals surface area contributed by atoms with Gasteiger partial charge in [-0.2, -0.15) is 0 Å². The van der Waals surface area contributed by atoms with Crippen molar-refractivity contribution in [1.29, 1.82) is 0 Å². The fourth-order valence-electron chi connectivity index (χ4n) is 2.44. The molecule has 3 rings (SSSR count). The molecule has 0 aliphatic rings. The van der Waals surface area contributed by atoms with Gasteiger partial charge in [-0.25, -0.2) is 14.4 Å². The van der Waals surface area contributed by atoms with Gasteiger partial charge in [0.15, 0.2) is 0 Å². The molecular weight excluding hydrogens is 267 g/mol. The molecule has 1 aromatic carbocycles. The van der Waals surface area contributed by atoms with Crippen LogP contribution in [0.2, 0.25) is 0 Å². The maximum Gasteiger partial charge on any atom is 0.140 e. The largest absolute Gasteiger partial charge is 0.336 e. The Morgan fingerprint density at radius 1 is 1.10 bits per heavy atom. The highest BCUT2D eigenvalue weighted by atomic mass is 19.1. The van der Waals surface area contributed by atoms with Gasteiger partial charge in [0, 0.05) is 43.4 Å². The molecule has 21 heavy (non-hydrogen) atoms. The summed E-state index contributed by atoms with van der Waals surface area (Å²) in [4.78, 5) is 8.42. The van der Waals surface area contributed by atoms with Gasteiger partial charge < -0.3 is 9.13 Å². The molecule has 3 aromatic rings. The van der Waals surface area contributed by atoms with Crippen LogP contribution in [0.4, 0.5) is 4.39 Å². The predicted molar refractivity (Wildman–Crippen MR) is 79.3 cm³/mol. The molecule has 0 bridgehead atoms. The summed E-state index contributed by atoms with van der Waals surface area (Å²) in [6.45, 7) is 5.14. The quantitative estimate of drug-likeness (QED) is 0.737. The van der Waals surface area contributed by atoms with Crippen LogP contribution in [-0.4, -0.2) is 19.1 Å². The van der Waals surface area contributed by atoms with Crippen LogP contribution in [0.5, 0.6) is 0 Å². The van der Waals surface area contributed by atoms with Gasteiger partial charge in [-0.3, -0.25) is 0 Å². The van der Waals surface area contributed by atoms with Crippen molar-refractivity contribution < 1.29 is 4.39 Å². The first-order valence-corrected chi connectivity index (χ1v) is 6.90. The van der Waals surface area contributed by atoms with E-state index < -0.39 is 0 Å². The highest BCUT2D eigenvalue weighted by Crippen LogP contribution is 2.25. The molecule has 5 heteroatoms. The number of rotatable bonds is 4. The molecule has 108 valence electrons. The van der Waals surface area contributed by atoms with Crippen LogP contribution in [0.15, 0.2) is 43.2 Å². The Morgan fingerprint density at radius 3 is 2.71 bits per heavy atom. The van der Waals surface area contributed by atoms with Gasteiger partial charge in [0.2, 0.25) is 0 Å². The molecule has 0 atom stereocenters. The second-order valence-corrected chi connectivity index (χ2v) is 5.11. The maximum atomic E-state index is 14.1. The highest BCUT2D eigenvalue weighted by molar-refractivity contribution is 5.61. The van der Waals surface area contributed by atoms with E-state index in [4.69, 9.17) is 0 Å². The molecule has 0 saturated carbocycles. The summed E-state index contributed by atoms with van der Waals surface area (Å²) < 4.78 is 18.1. The first-order valence-electron chi connectivity index (χ1n) is 6.90. The van der Waals surface area contributed by atoms with Gasteiger partial charge in [-0.1, -0.05) is 12.1 Å². The number of hydrogen-bond acceptors (Lipinski definition) is 2. The predicted octanol–water partition coefficient (Wildman–Crippen LogP) is 3.20. The average molecular weight is 284 g/mol. The van der Waals surface area contributed by atoms with Crippen molar-refractivity contribution in [3.05, 3.63) is 60.2 Å². The van der Waals surface area contributed by atoms with Gasteiger partial charge in [-0.15, -0.1) is 0 Å². The fourth-order valence-corrected chi connectivity index (χ4v) is 2.44. The highest BCUT2D eigenvalue weighted by Gasteiger charge is 2.13. The summed E-state index contributed by atoms with van der Waals surface area (Å²) in [7, 11) is 0. The van der Waals surface area contributed by atoms with Crippen molar-refractivity contribution in [1.82, 2.24) is 19.1 Å². The summed E-state index contributed by atoms with van der Waals surface area (Å²) >= 11 is 0. The maximum absolute atomic E-state index is 14.1. The van der Waals surface area contributed by atoms with Crippen molar-refractivity contribution in [3.63, 3.8) is 0 Å². The standard InChI is InChI=1S/C16H17FN4/c1-12-3-4-14(13(2)15(12)17)16-19-6-8-21(16)10-9-20-7-5-18-11-20/h3-8,11H,9-10H2,1-2H3. The summed E-state index contributed by atoms with van der Waals surface area (Å²) in [5, 5.41) is 0. The fraction of sp³-hybridized carbons (Fsp3) is 0.250. The molecule has 0 fully saturated rings. The molecule has 0 radical (unpaired) electrons. The molecule has 0 aliphatic carbocycles. The lowest BCUT2D eigenvalue weighted by Crippen LogP contribution is -2.07. The van der Waals surface area contributed by atoms with E-state index in [9.17, 15) is 4.39 Å². The van der Waals surface area contributed by atoms with Crippen LogP contribution in [0.25, 0.3) is 11.4 Å². The average Bonchev–Trinajstić information content (AvgIpc) is 3.14. The first kappa shape index (κ1) is 13.5. The Hall–Kier alpha value is -2.43. The zero-order valence-electron chi connectivity index (χ0n) is 12.1. The third kappa shape index (κ3) is 2.59. The summed E-state index contributed by atoms with van der Waals surface area (Å²) in [6, 6.07) is 3.73. The van der Waals surface area contributed by atoms with Crippen LogP contribution in [-0.2, 0) is 13.1 Å². The van der Waals surface area contributed by atoms with Crippen molar-refractivity contribution in [3.8, 4) is 11.4 Å². The minimum Gasteiger partial charge on any atom is -0.336 e. The topological polar surface area (TPSA) is 35.6 Å². The molecule has 2 aromatic heterocycles. The monoisotopic (exact) mass is 284 g/mol. The smallest absolute Gasteiger partial charge is 0.140 e. The molecule has 0 saturated heterocycles. The van der Waals surface area contributed by atoms with E-state index in [0.29, 0.717) is 11.1 Å². The lowest BCUT2D eigenvalue weighted by atomic mass is 10.0. The van der Waals surface area contributed by atoms with Crippen LogP contribution < -0.4 is 0 Å². The van der Waals surface area contributed by atoms with Crippen LogP contribution in [0.3, 0.4) is 0 Å². The Bertz CT molecular complexity index is 744. The van der Waals surface area contributed by atoms with Gasteiger partial charge in [0.05, 0.1) is 6.33 Å². The first-order chi connectivity index (χ1) is 10.2. The molecule has 2 heterocycles. The Kier molecular flexibility index (Phi) is 3.56. The van der Waals surface area contributed by atoms with Gasteiger partial charge in [-0.05, 0) is 25.0 Å². The summed E-state index contributed by atoms with van der Waals surface area (Å²) in [5.74, 6) is 0.642. The third-order valence-corrected chi connectivity index (χ3v) is 3.69. The number of aromatic nitrogens is 4. The van der Waals surface area contributed by atoms with Crippen LogP contribution in [0, 0.1) is 19.7 Å². The van der Waals surface area contributed by atoms with Crippen molar-refractivity contribution >= 4 is 0 Å². The molecule has 0 spiro atoms. The molecule has 0 aliphatic heterocycles. The number of halogens is 1. The normalized spacial score (nSPS) is 11.0. The number of hydrogen-bond donors (Lipinski definition) is 0. The summed E-state index contributed by atoms with van der Waals surface area (Å²) in [6.07, 6.45) is 9.14. The van der Waals surface area contributed by atoms with Gasteiger partial charge >= 0.3 is 0 Å². The SMILES string of the molecule is Cc1ccc(-c2nccn2CCn2ccnc2)c(C)c1F. The Morgan fingerprint density at radius 2 is 1.95 bits per heavy atom. The zero-order valence-corrected chi connectivity index (χ0v) is 12.1. The van der Waals surface area contributed by atoms with E-state index in [0.717, 1.165) is 24.5 Å². The van der Waals surface area contributed by atoms with Crippen molar-refractivity contribution in [2.45, 2.75) is 26.9 Å². The molecule has 4 nitrogen and oxygen atoms in total. The van der Waals surface area contributed by atoms with Crippen LogP contribution in [0.1, 0.15) is 11.1 Å². The van der Waals surface area contributed by atoms with Crippen molar-refractivity contribution in [2.75, 3.05) is 0 Å². The van der Waals surface area contributed by atoms with E-state index in [2.05, 4.69) is 9.97 Å². The number of nitrogens with zero attached hydrogens (tertiary/aromatic N) is 4. The van der Waals surface area contributed by atoms with Crippen LogP contribution >= 0.6 is 0 Å². The minimum absolute atomic E-state index is 0.156. The van der Waals surface area contributed by atoms with E-state index in [1.165, 1.54) is 0 Å². The minimum atomic E-state index is -0.156. The molecule has 0 N–H and O–H groups in total. The lowest BCUT2D eigenvalue weighted by molar-refractivity contribution is 0.581.